The Labute approximate surface area is 165 Å². The second-order valence-corrected chi connectivity index (χ2v) is 7.42. The molecule has 1 aromatic carbocycles. The number of esters is 1. The average Bonchev–Trinajstić information content (AvgIpc) is 3.26. The molecule has 0 saturated carbocycles. The van der Waals surface area contributed by atoms with Gasteiger partial charge in [-0.15, -0.1) is 0 Å². The minimum absolute atomic E-state index is 0.129. The number of hydrogen-bond acceptors (Lipinski definition) is 6. The normalized spacial score (nSPS) is 16.6. The molecule has 0 unspecified atom stereocenters. The smallest absolute Gasteiger partial charge is 0.337 e. The zero-order valence-electron chi connectivity index (χ0n) is 16.8. The van der Waals surface area contributed by atoms with E-state index >= 15 is 0 Å². The quantitative estimate of drug-likeness (QED) is 0.738. The van der Waals surface area contributed by atoms with Crippen LogP contribution in [0.4, 0.5) is 0 Å². The number of nitrogens with zero attached hydrogens (tertiary/aromatic N) is 2. The predicted octanol–water partition coefficient (Wildman–Crippen LogP) is 2.93. The number of nitrogens with one attached hydrogen (secondary N) is 1. The van der Waals surface area contributed by atoms with Crippen LogP contribution in [0.25, 0.3) is 11.5 Å². The largest absolute Gasteiger partial charge is 0.465 e. The van der Waals surface area contributed by atoms with Crippen molar-refractivity contribution < 1.29 is 18.7 Å². The fourth-order valence-corrected chi connectivity index (χ4v) is 3.31. The van der Waals surface area contributed by atoms with Gasteiger partial charge in [0.1, 0.15) is 5.76 Å². The van der Waals surface area contributed by atoms with Crippen molar-refractivity contribution in [2.75, 3.05) is 13.7 Å². The van der Waals surface area contributed by atoms with Gasteiger partial charge in [-0.25, -0.2) is 9.78 Å². The molecule has 1 atom stereocenters. The van der Waals surface area contributed by atoms with Gasteiger partial charge in [0.2, 0.25) is 11.8 Å². The van der Waals surface area contributed by atoms with Crippen molar-refractivity contribution in [1.29, 1.82) is 0 Å². The maximum Gasteiger partial charge on any atom is 0.337 e. The number of aryl methyl sites for hydroxylation is 1. The molecule has 7 nitrogen and oxygen atoms in total. The second-order valence-electron chi connectivity index (χ2n) is 7.42. The molecule has 1 saturated heterocycles. The number of amides is 1. The molecule has 7 heteroatoms. The summed E-state index contributed by atoms with van der Waals surface area (Å²) < 4.78 is 10.6. The Balaban J connectivity index is 1.73. The highest BCUT2D eigenvalue weighted by atomic mass is 16.5. The first-order valence-electron chi connectivity index (χ1n) is 9.56. The van der Waals surface area contributed by atoms with Gasteiger partial charge in [0.15, 0.2) is 0 Å². The monoisotopic (exact) mass is 385 g/mol. The van der Waals surface area contributed by atoms with Gasteiger partial charge in [-0.1, -0.05) is 0 Å². The van der Waals surface area contributed by atoms with E-state index in [1.165, 1.54) is 7.11 Å². The van der Waals surface area contributed by atoms with E-state index in [0.717, 1.165) is 30.0 Å². The van der Waals surface area contributed by atoms with Gasteiger partial charge < -0.3 is 14.5 Å². The summed E-state index contributed by atoms with van der Waals surface area (Å²) in [6.45, 7) is 7.63. The van der Waals surface area contributed by atoms with Crippen LogP contribution in [0.15, 0.2) is 28.7 Å². The Morgan fingerprint density at radius 3 is 2.64 bits per heavy atom. The van der Waals surface area contributed by atoms with Crippen molar-refractivity contribution in [3.63, 3.8) is 0 Å². The van der Waals surface area contributed by atoms with E-state index in [0.29, 0.717) is 30.5 Å². The van der Waals surface area contributed by atoms with Crippen LogP contribution in [0, 0.1) is 6.92 Å². The Bertz CT molecular complexity index is 842. The first-order valence-corrected chi connectivity index (χ1v) is 9.56. The van der Waals surface area contributed by atoms with Crippen LogP contribution in [0.5, 0.6) is 0 Å². The van der Waals surface area contributed by atoms with Gasteiger partial charge in [0.25, 0.3) is 0 Å². The van der Waals surface area contributed by atoms with E-state index in [9.17, 15) is 9.59 Å². The lowest BCUT2D eigenvalue weighted by molar-refractivity contribution is -0.119. The molecule has 2 aromatic rings. The molecule has 150 valence electrons. The first-order chi connectivity index (χ1) is 13.4. The van der Waals surface area contributed by atoms with Crippen LogP contribution < -0.4 is 5.32 Å². The Hall–Kier alpha value is -2.67. The van der Waals surface area contributed by atoms with Crippen LogP contribution >= 0.6 is 0 Å². The lowest BCUT2D eigenvalue weighted by Crippen LogP contribution is -2.41. The third kappa shape index (κ3) is 4.59. The summed E-state index contributed by atoms with van der Waals surface area (Å²) in [5.41, 5.74) is 2.17. The Kier molecular flexibility index (Phi) is 6.14. The van der Waals surface area contributed by atoms with Gasteiger partial charge >= 0.3 is 5.97 Å². The molecule has 1 amide bonds. The molecule has 28 heavy (non-hydrogen) atoms. The highest BCUT2D eigenvalue weighted by Crippen LogP contribution is 2.24. The topological polar surface area (TPSA) is 84.7 Å². The standard InChI is InChI=1S/C21H27N3O4/c1-13(2)24(11-17-9-10-19(25)22-17)12-18-14(3)28-20(23-18)15-5-7-16(8-6-15)21(26)27-4/h5-8,13,17H,9-12H2,1-4H3,(H,22,25)/t17-/m1/s1. The number of benzene rings is 1. The molecule has 1 N–H and O–H groups in total. The molecule has 0 radical (unpaired) electrons. The SMILES string of the molecule is COC(=O)c1ccc(-c2nc(CN(C[C@H]3CCC(=O)N3)C(C)C)c(C)o2)cc1. The van der Waals surface area contributed by atoms with Gasteiger partial charge in [0.05, 0.1) is 18.4 Å². The number of hydrogen-bond donors (Lipinski definition) is 1. The number of oxazole rings is 1. The number of carbonyl (C=O) groups is 2. The summed E-state index contributed by atoms with van der Waals surface area (Å²) in [4.78, 5) is 30.0. The minimum atomic E-state index is -0.373. The summed E-state index contributed by atoms with van der Waals surface area (Å²) in [7, 11) is 1.36. The van der Waals surface area contributed by atoms with E-state index in [1.54, 1.807) is 24.3 Å². The number of methoxy groups -OCH3 is 1. The van der Waals surface area contributed by atoms with E-state index in [4.69, 9.17) is 9.15 Å². The van der Waals surface area contributed by atoms with E-state index in [1.807, 2.05) is 6.92 Å². The highest BCUT2D eigenvalue weighted by molar-refractivity contribution is 5.89. The van der Waals surface area contributed by atoms with Crippen molar-refractivity contribution in [3.05, 3.63) is 41.3 Å². The van der Waals surface area contributed by atoms with Crippen molar-refractivity contribution in [2.45, 2.75) is 52.2 Å². The zero-order valence-corrected chi connectivity index (χ0v) is 16.8. The first kappa shape index (κ1) is 20.1. The van der Waals surface area contributed by atoms with Gasteiger partial charge in [-0.05, 0) is 51.5 Å². The molecular weight excluding hydrogens is 358 g/mol. The number of aromatic nitrogens is 1. The van der Waals surface area contributed by atoms with Crippen molar-refractivity contribution >= 4 is 11.9 Å². The summed E-state index contributed by atoms with van der Waals surface area (Å²) >= 11 is 0. The third-order valence-corrected chi connectivity index (χ3v) is 5.07. The van der Waals surface area contributed by atoms with Crippen LogP contribution in [0.3, 0.4) is 0 Å². The number of rotatable bonds is 7. The Morgan fingerprint density at radius 2 is 2.07 bits per heavy atom. The van der Waals surface area contributed by atoms with Gasteiger partial charge in [0, 0.05) is 37.2 Å². The van der Waals surface area contributed by atoms with E-state index in [-0.39, 0.29) is 17.9 Å². The molecule has 1 aliphatic heterocycles. The minimum Gasteiger partial charge on any atom is -0.465 e. The van der Waals surface area contributed by atoms with Crippen LogP contribution in [-0.4, -0.2) is 47.5 Å². The highest BCUT2D eigenvalue weighted by Gasteiger charge is 2.25. The van der Waals surface area contributed by atoms with Crippen molar-refractivity contribution in [3.8, 4) is 11.5 Å². The second kappa shape index (κ2) is 8.56. The van der Waals surface area contributed by atoms with Crippen LogP contribution in [0.2, 0.25) is 0 Å². The molecule has 0 aliphatic carbocycles. The fraction of sp³-hybridized carbons (Fsp3) is 0.476. The molecule has 1 aromatic heterocycles. The molecule has 1 aliphatic rings. The van der Waals surface area contributed by atoms with Crippen LogP contribution in [-0.2, 0) is 16.1 Å². The molecule has 3 rings (SSSR count). The van der Waals surface area contributed by atoms with Gasteiger partial charge in [-0.3, -0.25) is 9.69 Å². The molecule has 1 fully saturated rings. The van der Waals surface area contributed by atoms with Crippen molar-refractivity contribution in [1.82, 2.24) is 15.2 Å². The number of carbonyl (C=O) groups excluding carboxylic acids is 2. The van der Waals surface area contributed by atoms with Crippen LogP contribution in [0.1, 0.15) is 48.5 Å². The van der Waals surface area contributed by atoms with E-state index < -0.39 is 0 Å². The molecular formula is C21H27N3O4. The molecule has 2 heterocycles. The Morgan fingerprint density at radius 1 is 1.36 bits per heavy atom. The lowest BCUT2D eigenvalue weighted by Gasteiger charge is -2.28. The lowest BCUT2D eigenvalue weighted by atomic mass is 10.1. The summed E-state index contributed by atoms with van der Waals surface area (Å²) in [6.07, 6.45) is 1.48. The van der Waals surface area contributed by atoms with E-state index in [2.05, 4.69) is 29.0 Å². The predicted molar refractivity (Wildman–Crippen MR) is 105 cm³/mol. The fourth-order valence-electron chi connectivity index (χ4n) is 3.31. The molecule has 0 spiro atoms. The average molecular weight is 385 g/mol. The summed E-state index contributed by atoms with van der Waals surface area (Å²) in [6, 6.07) is 7.50. The van der Waals surface area contributed by atoms with Gasteiger partial charge in [-0.2, -0.15) is 0 Å². The van der Waals surface area contributed by atoms with Crippen molar-refractivity contribution in [2.24, 2.45) is 0 Å². The third-order valence-electron chi connectivity index (χ3n) is 5.07. The summed E-state index contributed by atoms with van der Waals surface area (Å²) in [5, 5.41) is 3.03. The number of ether oxygens (including phenoxy) is 1. The zero-order chi connectivity index (χ0) is 20.3. The summed E-state index contributed by atoms with van der Waals surface area (Å²) in [5.74, 6) is 1.06. The maximum absolute atomic E-state index is 11.6. The molecule has 0 bridgehead atoms. The maximum atomic E-state index is 11.6.